The van der Waals surface area contributed by atoms with Crippen molar-refractivity contribution in [2.45, 2.75) is 0 Å². The Balaban J connectivity index is 3.22. The zero-order valence-corrected chi connectivity index (χ0v) is 9.29. The van der Waals surface area contributed by atoms with E-state index >= 15 is 0 Å². The number of nitrogen functional groups attached to an aromatic ring is 1. The van der Waals surface area contributed by atoms with E-state index in [2.05, 4.69) is 25.7 Å². The van der Waals surface area contributed by atoms with Crippen LogP contribution < -0.4 is 10.5 Å². The second-order valence-corrected chi connectivity index (χ2v) is 3.26. The van der Waals surface area contributed by atoms with Crippen molar-refractivity contribution < 1.29 is 14.3 Å². The maximum absolute atomic E-state index is 11.1. The molecule has 1 heterocycles. The van der Waals surface area contributed by atoms with Crippen molar-refractivity contribution in [3.05, 3.63) is 16.2 Å². The zero-order valence-electron chi connectivity index (χ0n) is 7.70. The van der Waals surface area contributed by atoms with Crippen molar-refractivity contribution in [3.8, 4) is 5.88 Å². The Hall–Kier alpha value is -1.30. The van der Waals surface area contributed by atoms with Gasteiger partial charge in [0.2, 0.25) is 5.88 Å². The SMILES string of the molecule is COC(=O)c1cc(Br)c(N)c(OC)n1. The lowest BCUT2D eigenvalue weighted by atomic mass is 10.3. The van der Waals surface area contributed by atoms with Gasteiger partial charge in [-0.1, -0.05) is 0 Å². The van der Waals surface area contributed by atoms with Crippen molar-refractivity contribution in [1.29, 1.82) is 0 Å². The van der Waals surface area contributed by atoms with Crippen LogP contribution in [0.15, 0.2) is 10.5 Å². The van der Waals surface area contributed by atoms with Crippen molar-refractivity contribution in [3.63, 3.8) is 0 Å². The molecule has 0 aromatic carbocycles. The van der Waals surface area contributed by atoms with Crippen molar-refractivity contribution in [2.24, 2.45) is 0 Å². The van der Waals surface area contributed by atoms with Gasteiger partial charge in [-0.3, -0.25) is 0 Å². The topological polar surface area (TPSA) is 74.4 Å². The second-order valence-electron chi connectivity index (χ2n) is 2.40. The van der Waals surface area contributed by atoms with Crippen molar-refractivity contribution in [2.75, 3.05) is 20.0 Å². The average molecular weight is 261 g/mol. The van der Waals surface area contributed by atoms with Gasteiger partial charge in [0.25, 0.3) is 0 Å². The van der Waals surface area contributed by atoms with Crippen LogP contribution in [0.5, 0.6) is 5.88 Å². The standard InChI is InChI=1S/C8H9BrN2O3/c1-13-7-6(10)4(9)3-5(11-7)8(12)14-2/h3H,10H2,1-2H3. The van der Waals surface area contributed by atoms with E-state index in [0.29, 0.717) is 10.2 Å². The van der Waals surface area contributed by atoms with E-state index in [0.717, 1.165) is 0 Å². The first-order valence-corrected chi connectivity index (χ1v) is 4.47. The number of nitrogens with zero attached hydrogens (tertiary/aromatic N) is 1. The number of anilines is 1. The summed E-state index contributed by atoms with van der Waals surface area (Å²) in [7, 11) is 2.70. The highest BCUT2D eigenvalue weighted by Crippen LogP contribution is 2.28. The first kappa shape index (κ1) is 10.8. The third-order valence-corrected chi connectivity index (χ3v) is 2.22. The Kier molecular flexibility index (Phi) is 3.29. The lowest BCUT2D eigenvalue weighted by Crippen LogP contribution is -2.07. The van der Waals surface area contributed by atoms with Crippen LogP contribution in [0.3, 0.4) is 0 Å². The van der Waals surface area contributed by atoms with Crippen LogP contribution in [0.1, 0.15) is 10.5 Å². The van der Waals surface area contributed by atoms with Gasteiger partial charge in [-0.05, 0) is 22.0 Å². The number of hydrogen-bond acceptors (Lipinski definition) is 5. The zero-order chi connectivity index (χ0) is 10.7. The molecule has 1 rings (SSSR count). The van der Waals surface area contributed by atoms with Gasteiger partial charge >= 0.3 is 5.97 Å². The Morgan fingerprint density at radius 1 is 1.57 bits per heavy atom. The molecule has 6 heteroatoms. The predicted octanol–water partition coefficient (Wildman–Crippen LogP) is 1.22. The molecule has 0 amide bonds. The maximum Gasteiger partial charge on any atom is 0.356 e. The predicted molar refractivity (Wildman–Crippen MR) is 54.2 cm³/mol. The molecule has 1 aromatic rings. The summed E-state index contributed by atoms with van der Waals surface area (Å²) in [6.45, 7) is 0. The molecule has 0 aliphatic heterocycles. The van der Waals surface area contributed by atoms with Crippen LogP contribution >= 0.6 is 15.9 Å². The molecule has 76 valence electrons. The van der Waals surface area contributed by atoms with Gasteiger partial charge < -0.3 is 15.2 Å². The molecule has 2 N–H and O–H groups in total. The number of carbonyl (C=O) groups is 1. The van der Waals surface area contributed by atoms with Gasteiger partial charge in [0.1, 0.15) is 5.69 Å². The van der Waals surface area contributed by atoms with E-state index in [1.165, 1.54) is 20.3 Å². The minimum atomic E-state index is -0.538. The van der Waals surface area contributed by atoms with Gasteiger partial charge in [-0.2, -0.15) is 0 Å². The molecular weight excluding hydrogens is 252 g/mol. The second kappa shape index (κ2) is 4.28. The number of carbonyl (C=O) groups excluding carboxylic acids is 1. The lowest BCUT2D eigenvalue weighted by Gasteiger charge is -2.06. The third kappa shape index (κ3) is 1.95. The van der Waals surface area contributed by atoms with Crippen molar-refractivity contribution in [1.82, 2.24) is 4.98 Å². The first-order chi connectivity index (χ1) is 6.60. The molecule has 0 saturated heterocycles. The highest BCUT2D eigenvalue weighted by atomic mass is 79.9. The van der Waals surface area contributed by atoms with Crippen LogP contribution in [-0.4, -0.2) is 25.2 Å². The summed E-state index contributed by atoms with van der Waals surface area (Å²) in [6, 6.07) is 1.48. The van der Waals surface area contributed by atoms with Crippen LogP contribution in [0.4, 0.5) is 5.69 Å². The summed E-state index contributed by atoms with van der Waals surface area (Å²) < 4.78 is 9.95. The molecular formula is C8H9BrN2O3. The minimum Gasteiger partial charge on any atom is -0.479 e. The molecule has 0 radical (unpaired) electrons. The molecule has 0 unspecified atom stereocenters. The normalized spacial score (nSPS) is 9.64. The average Bonchev–Trinajstić information content (AvgIpc) is 2.20. The summed E-state index contributed by atoms with van der Waals surface area (Å²) in [5, 5.41) is 0. The van der Waals surface area contributed by atoms with E-state index in [-0.39, 0.29) is 11.6 Å². The van der Waals surface area contributed by atoms with E-state index < -0.39 is 5.97 Å². The van der Waals surface area contributed by atoms with E-state index in [1.807, 2.05) is 0 Å². The highest BCUT2D eigenvalue weighted by Gasteiger charge is 2.14. The smallest absolute Gasteiger partial charge is 0.356 e. The Bertz CT molecular complexity index is 368. The number of methoxy groups -OCH3 is 2. The van der Waals surface area contributed by atoms with Crippen LogP contribution in [0.2, 0.25) is 0 Å². The quantitative estimate of drug-likeness (QED) is 0.810. The monoisotopic (exact) mass is 260 g/mol. The summed E-state index contributed by atoms with van der Waals surface area (Å²) in [4.78, 5) is 15.0. The van der Waals surface area contributed by atoms with Gasteiger partial charge in [0.15, 0.2) is 5.69 Å². The first-order valence-electron chi connectivity index (χ1n) is 3.68. The Labute approximate surface area is 89.3 Å². The molecule has 0 bridgehead atoms. The number of nitrogens with two attached hydrogens (primary N) is 1. The summed E-state index contributed by atoms with van der Waals surface area (Å²) in [6.07, 6.45) is 0. The van der Waals surface area contributed by atoms with Gasteiger partial charge in [0, 0.05) is 4.47 Å². The van der Waals surface area contributed by atoms with Gasteiger partial charge in [-0.25, -0.2) is 9.78 Å². The van der Waals surface area contributed by atoms with Crippen LogP contribution in [0.25, 0.3) is 0 Å². The molecule has 0 fully saturated rings. The number of rotatable bonds is 2. The summed E-state index contributed by atoms with van der Waals surface area (Å²) in [5.74, 6) is -0.344. The minimum absolute atomic E-state index is 0.144. The fraction of sp³-hybridized carbons (Fsp3) is 0.250. The van der Waals surface area contributed by atoms with E-state index in [4.69, 9.17) is 10.5 Å². The Morgan fingerprint density at radius 3 is 2.71 bits per heavy atom. The van der Waals surface area contributed by atoms with Gasteiger partial charge in [0.05, 0.1) is 14.2 Å². The van der Waals surface area contributed by atoms with E-state index in [9.17, 15) is 4.79 Å². The molecule has 1 aromatic heterocycles. The molecule has 0 aliphatic carbocycles. The molecule has 14 heavy (non-hydrogen) atoms. The molecule has 0 spiro atoms. The van der Waals surface area contributed by atoms with Crippen molar-refractivity contribution >= 4 is 27.6 Å². The van der Waals surface area contributed by atoms with E-state index in [1.54, 1.807) is 0 Å². The number of hydrogen-bond donors (Lipinski definition) is 1. The number of ether oxygens (including phenoxy) is 2. The number of esters is 1. The number of aromatic nitrogens is 1. The maximum atomic E-state index is 11.1. The number of halogens is 1. The van der Waals surface area contributed by atoms with Gasteiger partial charge in [-0.15, -0.1) is 0 Å². The van der Waals surface area contributed by atoms with Crippen LogP contribution in [-0.2, 0) is 4.74 Å². The highest BCUT2D eigenvalue weighted by molar-refractivity contribution is 9.10. The third-order valence-electron chi connectivity index (χ3n) is 1.56. The summed E-state index contributed by atoms with van der Waals surface area (Å²) >= 11 is 3.18. The fourth-order valence-corrected chi connectivity index (χ4v) is 1.25. The molecule has 5 nitrogen and oxygen atoms in total. The Morgan fingerprint density at radius 2 is 2.21 bits per heavy atom. The number of pyridine rings is 1. The largest absolute Gasteiger partial charge is 0.479 e. The molecule has 0 atom stereocenters. The molecule has 0 saturated carbocycles. The molecule has 0 aliphatic rings. The lowest BCUT2D eigenvalue weighted by molar-refractivity contribution is 0.0593. The fourth-order valence-electron chi connectivity index (χ4n) is 0.867. The van der Waals surface area contributed by atoms with Crippen LogP contribution in [0, 0.1) is 0 Å². The summed E-state index contributed by atoms with van der Waals surface area (Å²) in [5.41, 5.74) is 6.11.